The summed E-state index contributed by atoms with van der Waals surface area (Å²) in [6.07, 6.45) is 0. The summed E-state index contributed by atoms with van der Waals surface area (Å²) in [5.41, 5.74) is 11.8. The quantitative estimate of drug-likeness (QED) is 0.107. The van der Waals surface area contributed by atoms with E-state index in [1.54, 1.807) is 0 Å². The second-order valence-electron chi connectivity index (χ2n) is 16.5. The molecule has 2 aromatic heterocycles. The molecule has 0 spiro atoms. The summed E-state index contributed by atoms with van der Waals surface area (Å²) in [6.45, 7) is 0. The molecule has 2 heterocycles. The maximum Gasteiger partial charge on any atom is 0.179 e. The molecule has 0 radical (unpaired) electrons. The van der Waals surface area contributed by atoms with Crippen molar-refractivity contribution in [2.45, 2.75) is 0 Å². The van der Waals surface area contributed by atoms with Crippen LogP contribution in [0, 0.1) is 0 Å². The second kappa shape index (κ2) is 15.2. The van der Waals surface area contributed by atoms with Crippen LogP contribution in [0.5, 0.6) is 0 Å². The first-order chi connectivity index (χ1) is 31.3. The van der Waals surface area contributed by atoms with Gasteiger partial charge in [-0.25, -0.2) is 0 Å². The van der Waals surface area contributed by atoms with Gasteiger partial charge in [-0.15, -0.1) is 0 Å². The summed E-state index contributed by atoms with van der Waals surface area (Å²) in [5.74, 6) is 0. The number of rotatable bonds is 8. The number of fused-ring (bicyclic) bond motifs is 6. The number of para-hydroxylation sites is 2. The van der Waals surface area contributed by atoms with E-state index in [1.807, 2.05) is 0 Å². The Balaban J connectivity index is 1.16. The van der Waals surface area contributed by atoms with Gasteiger partial charge in [-0.05, 0) is 73.8 Å². The van der Waals surface area contributed by atoms with E-state index in [0.29, 0.717) is 0 Å². The fourth-order valence-electron chi connectivity index (χ4n) is 10.3. The first-order valence-corrected chi connectivity index (χ1v) is 23.8. The number of aromatic nitrogens is 2. The molecule has 2 nitrogen and oxygen atoms in total. The van der Waals surface area contributed by atoms with Gasteiger partial charge in [0.1, 0.15) is 0 Å². The van der Waals surface area contributed by atoms with Gasteiger partial charge in [0.2, 0.25) is 0 Å². The van der Waals surface area contributed by atoms with E-state index in [-0.39, 0.29) is 0 Å². The van der Waals surface area contributed by atoms with Crippen molar-refractivity contribution in [3.05, 3.63) is 255 Å². The fraction of sp³-hybridized carbons (Fsp3) is 0. The Labute approximate surface area is 368 Å². The highest BCUT2D eigenvalue weighted by Gasteiger charge is 2.41. The Bertz CT molecular complexity index is 3500. The van der Waals surface area contributed by atoms with Crippen molar-refractivity contribution < 1.29 is 0 Å². The monoisotopic (exact) mass is 818 g/mol. The lowest BCUT2D eigenvalue weighted by atomic mass is 10.0. The normalized spacial score (nSPS) is 11.8. The lowest BCUT2D eigenvalue weighted by Crippen LogP contribution is -2.74. The van der Waals surface area contributed by atoms with Gasteiger partial charge >= 0.3 is 0 Å². The Morgan fingerprint density at radius 1 is 0.254 bits per heavy atom. The van der Waals surface area contributed by atoms with Crippen molar-refractivity contribution in [2.24, 2.45) is 0 Å². The van der Waals surface area contributed by atoms with Gasteiger partial charge in [0.15, 0.2) is 8.07 Å². The average molecular weight is 819 g/mol. The summed E-state index contributed by atoms with van der Waals surface area (Å²) in [7, 11) is -2.78. The third-order valence-corrected chi connectivity index (χ3v) is 17.8. The third-order valence-electron chi connectivity index (χ3n) is 13.1. The molecule has 0 N–H and O–H groups in total. The summed E-state index contributed by atoms with van der Waals surface area (Å²) >= 11 is 0. The first kappa shape index (κ1) is 36.8. The fourth-order valence-corrected chi connectivity index (χ4v) is 15.1. The van der Waals surface area contributed by atoms with Crippen LogP contribution in [-0.2, 0) is 0 Å². The first-order valence-electron chi connectivity index (χ1n) is 21.8. The predicted molar refractivity (Wildman–Crippen MR) is 270 cm³/mol. The highest BCUT2D eigenvalue weighted by atomic mass is 28.3. The third kappa shape index (κ3) is 5.93. The SMILES string of the molecule is c1ccc(-c2ccc3c4cc([Si](c5ccccc5)(c5ccccc5)c5ccccc5)ccc4n(-c4ccc5c6ccccc6n(-c6ccccc6-c6ccccc6)c5c4)c3c2)cc1. The molecule has 3 heteroatoms. The van der Waals surface area contributed by atoms with Crippen molar-refractivity contribution in [3.8, 4) is 33.6 Å². The number of hydrogen-bond donors (Lipinski definition) is 0. The van der Waals surface area contributed by atoms with Gasteiger partial charge in [-0.2, -0.15) is 0 Å². The van der Waals surface area contributed by atoms with Crippen molar-refractivity contribution in [3.63, 3.8) is 0 Å². The minimum absolute atomic E-state index is 1.12. The Morgan fingerprint density at radius 3 is 1.41 bits per heavy atom. The molecule has 12 aromatic rings. The van der Waals surface area contributed by atoms with Crippen LogP contribution in [0.2, 0.25) is 0 Å². The maximum absolute atomic E-state index is 2.78. The van der Waals surface area contributed by atoms with Gasteiger partial charge < -0.3 is 9.13 Å². The van der Waals surface area contributed by atoms with E-state index in [2.05, 4.69) is 264 Å². The Kier molecular flexibility index (Phi) is 8.87. The van der Waals surface area contributed by atoms with Crippen LogP contribution in [0.15, 0.2) is 255 Å². The molecule has 63 heavy (non-hydrogen) atoms. The van der Waals surface area contributed by atoms with E-state index in [4.69, 9.17) is 0 Å². The maximum atomic E-state index is 2.53. The van der Waals surface area contributed by atoms with Crippen LogP contribution in [0.1, 0.15) is 0 Å². The topological polar surface area (TPSA) is 9.86 Å². The highest BCUT2D eigenvalue weighted by Crippen LogP contribution is 2.40. The van der Waals surface area contributed by atoms with E-state index in [0.717, 1.165) is 11.4 Å². The zero-order chi connectivity index (χ0) is 41.7. The average Bonchev–Trinajstić information content (AvgIpc) is 3.87. The summed E-state index contributed by atoms with van der Waals surface area (Å²) in [4.78, 5) is 0. The van der Waals surface area contributed by atoms with Gasteiger partial charge in [-0.1, -0.05) is 218 Å². The Hall–Kier alpha value is -7.98. The van der Waals surface area contributed by atoms with Crippen LogP contribution >= 0.6 is 0 Å². The van der Waals surface area contributed by atoms with Crippen LogP contribution in [0.4, 0.5) is 0 Å². The lowest BCUT2D eigenvalue weighted by molar-refractivity contribution is 1.16. The summed E-state index contributed by atoms with van der Waals surface area (Å²) in [5, 5.41) is 10.4. The molecule has 0 bridgehead atoms. The molecular weight excluding hydrogens is 777 g/mol. The predicted octanol–water partition coefficient (Wildman–Crippen LogP) is 12.6. The van der Waals surface area contributed by atoms with Gasteiger partial charge in [0.05, 0.1) is 27.8 Å². The standard InChI is InChI=1S/C60H42N2Si/c1-6-20-43(21-7-1)45-34-37-54-55-42-50(63(47-24-10-3-11-25-47,48-26-12-4-13-27-48)49-28-14-5-15-29-49)36-39-58(55)61(59(54)40-45)46-35-38-53-52-31-17-19-33-57(52)62(60(53)41-46)56-32-18-16-30-51(56)44-22-8-2-9-23-44/h1-42H. The molecule has 296 valence electrons. The van der Waals surface area contributed by atoms with Crippen molar-refractivity contribution >= 4 is 72.4 Å². The molecule has 10 aromatic carbocycles. The lowest BCUT2D eigenvalue weighted by Gasteiger charge is -2.34. The van der Waals surface area contributed by atoms with Gasteiger partial charge in [-0.3, -0.25) is 0 Å². The van der Waals surface area contributed by atoms with Crippen molar-refractivity contribution in [2.75, 3.05) is 0 Å². The zero-order valence-electron chi connectivity index (χ0n) is 34.6. The van der Waals surface area contributed by atoms with Crippen LogP contribution in [0.25, 0.3) is 77.2 Å². The molecule has 0 unspecified atom stereocenters. The highest BCUT2D eigenvalue weighted by molar-refractivity contribution is 7.20. The van der Waals surface area contributed by atoms with Crippen molar-refractivity contribution in [1.82, 2.24) is 9.13 Å². The van der Waals surface area contributed by atoms with E-state index in [9.17, 15) is 0 Å². The molecule has 0 aliphatic rings. The van der Waals surface area contributed by atoms with E-state index >= 15 is 0 Å². The van der Waals surface area contributed by atoms with Gasteiger partial charge in [0, 0.05) is 32.8 Å². The Morgan fingerprint density at radius 2 is 0.746 bits per heavy atom. The smallest absolute Gasteiger partial charge is 0.179 e. The van der Waals surface area contributed by atoms with Gasteiger partial charge in [0.25, 0.3) is 0 Å². The van der Waals surface area contributed by atoms with E-state index in [1.165, 1.54) is 86.6 Å². The number of nitrogens with zero attached hydrogens (tertiary/aromatic N) is 2. The second-order valence-corrected chi connectivity index (χ2v) is 20.3. The summed E-state index contributed by atoms with van der Waals surface area (Å²) < 4.78 is 4.97. The molecule has 0 saturated heterocycles. The molecule has 0 aliphatic carbocycles. The molecule has 0 saturated carbocycles. The molecule has 0 atom stereocenters. The zero-order valence-corrected chi connectivity index (χ0v) is 35.6. The van der Waals surface area contributed by atoms with Crippen LogP contribution in [-0.4, -0.2) is 17.2 Å². The summed E-state index contributed by atoms with van der Waals surface area (Å²) in [6, 6.07) is 94.3. The molecular formula is C60H42N2Si. The minimum atomic E-state index is -2.78. The van der Waals surface area contributed by atoms with Crippen LogP contribution in [0.3, 0.4) is 0 Å². The van der Waals surface area contributed by atoms with E-state index < -0.39 is 8.07 Å². The van der Waals surface area contributed by atoms with Crippen molar-refractivity contribution in [1.29, 1.82) is 0 Å². The number of benzene rings is 10. The molecule has 0 fully saturated rings. The molecule has 0 aliphatic heterocycles. The molecule has 0 amide bonds. The van der Waals surface area contributed by atoms with Crippen LogP contribution < -0.4 is 20.7 Å². The minimum Gasteiger partial charge on any atom is -0.309 e. The number of hydrogen-bond acceptors (Lipinski definition) is 0. The largest absolute Gasteiger partial charge is 0.309 e. The molecule has 12 rings (SSSR count).